The molecule has 0 saturated heterocycles. The number of ether oxygens (including phenoxy) is 1. The van der Waals surface area contributed by atoms with Gasteiger partial charge < -0.3 is 14.6 Å². The van der Waals surface area contributed by atoms with Gasteiger partial charge in [0.25, 0.3) is 0 Å². The fourth-order valence-electron chi connectivity index (χ4n) is 5.40. The van der Waals surface area contributed by atoms with E-state index in [1.54, 1.807) is 6.07 Å². The maximum Gasteiger partial charge on any atom is 0.416 e. The topological polar surface area (TPSA) is 56.1 Å². The quantitative estimate of drug-likeness (QED) is 0.405. The number of halogens is 3. The first-order valence-electron chi connectivity index (χ1n) is 11.4. The smallest absolute Gasteiger partial charge is 0.416 e. The number of nitrogens with one attached hydrogen (secondary N) is 1. The third-order valence-corrected chi connectivity index (χ3v) is 6.64. The second kappa shape index (κ2) is 8.64. The average Bonchev–Trinajstić information content (AvgIpc) is 3.07. The monoisotopic (exact) mass is 473 g/mol. The molecule has 1 aliphatic carbocycles. The van der Waals surface area contributed by atoms with E-state index >= 15 is 0 Å². The first-order valence-corrected chi connectivity index (χ1v) is 11.4. The van der Waals surface area contributed by atoms with Gasteiger partial charge in [-0.25, -0.2) is 9.78 Å². The van der Waals surface area contributed by atoms with Gasteiger partial charge in [-0.3, -0.25) is 0 Å². The van der Waals surface area contributed by atoms with Gasteiger partial charge in [0.05, 0.1) is 29.3 Å². The Balaban J connectivity index is 1.82. The number of nitrogens with zero attached hydrogens (tertiary/aromatic N) is 2. The molecular weight excluding hydrogens is 443 g/mol. The van der Waals surface area contributed by atoms with E-state index in [-0.39, 0.29) is 11.5 Å². The van der Waals surface area contributed by atoms with E-state index in [4.69, 9.17) is 9.72 Å². The minimum atomic E-state index is -4.39. The third kappa shape index (κ3) is 4.76. The van der Waals surface area contributed by atoms with Gasteiger partial charge in [-0.05, 0) is 79.5 Å². The molecule has 182 valence electrons. The lowest BCUT2D eigenvalue weighted by Gasteiger charge is -2.40. The molecule has 1 N–H and O–H groups in total. The van der Waals surface area contributed by atoms with Crippen LogP contribution in [0.15, 0.2) is 36.4 Å². The minimum Gasteiger partial charge on any atom is -0.465 e. The number of aryl methyl sites for hydroxylation is 1. The van der Waals surface area contributed by atoms with Gasteiger partial charge in [0.1, 0.15) is 0 Å². The minimum absolute atomic E-state index is 0.144. The maximum atomic E-state index is 13.0. The van der Waals surface area contributed by atoms with Crippen molar-refractivity contribution in [3.8, 4) is 0 Å². The molecular formula is C26H30F3N3O2. The Hall–Kier alpha value is -3.03. The number of methoxy groups -OCH3 is 1. The first-order chi connectivity index (χ1) is 15.9. The summed E-state index contributed by atoms with van der Waals surface area (Å²) in [4.78, 5) is 17.0. The van der Waals surface area contributed by atoms with Crippen molar-refractivity contribution in [2.24, 2.45) is 11.3 Å². The van der Waals surface area contributed by atoms with E-state index < -0.39 is 17.7 Å². The molecule has 1 aliphatic rings. The summed E-state index contributed by atoms with van der Waals surface area (Å²) in [5.41, 5.74) is 2.70. The van der Waals surface area contributed by atoms with Crippen molar-refractivity contribution in [1.29, 1.82) is 0 Å². The summed E-state index contributed by atoms with van der Waals surface area (Å²) in [5.74, 6) is 0.630. The second-order valence-corrected chi connectivity index (χ2v) is 10.2. The van der Waals surface area contributed by atoms with Crippen molar-refractivity contribution < 1.29 is 22.7 Å². The Labute approximate surface area is 197 Å². The highest BCUT2D eigenvalue weighted by atomic mass is 19.4. The van der Waals surface area contributed by atoms with Gasteiger partial charge >= 0.3 is 12.1 Å². The standard InChI is InChI=1S/C26H30F3N3O2/c1-15-10-19(14-25(3,4)13-15)32-22-11-16(2)20(23(33)34-5)12-21(22)31-24(32)30-18-8-6-17(7-9-18)26(27,28)29/h6-9,11-12,15,19H,10,13-14H2,1-5H3,(H,30,31)/t15-,19+/m1/s1. The molecule has 34 heavy (non-hydrogen) atoms. The zero-order valence-electron chi connectivity index (χ0n) is 20.1. The number of anilines is 2. The summed E-state index contributed by atoms with van der Waals surface area (Å²) in [6, 6.07) is 8.75. The highest BCUT2D eigenvalue weighted by Gasteiger charge is 2.35. The molecule has 1 fully saturated rings. The third-order valence-electron chi connectivity index (χ3n) is 6.64. The molecule has 0 amide bonds. The normalized spacial score (nSPS) is 20.4. The molecule has 1 heterocycles. The maximum absolute atomic E-state index is 13.0. The summed E-state index contributed by atoms with van der Waals surface area (Å²) in [6.07, 6.45) is -1.35. The predicted molar refractivity (Wildman–Crippen MR) is 126 cm³/mol. The van der Waals surface area contributed by atoms with Crippen LogP contribution in [0.2, 0.25) is 0 Å². The van der Waals surface area contributed by atoms with Crippen molar-refractivity contribution in [3.63, 3.8) is 0 Å². The van der Waals surface area contributed by atoms with Crippen LogP contribution in [0, 0.1) is 18.3 Å². The van der Waals surface area contributed by atoms with Crippen LogP contribution in [-0.2, 0) is 10.9 Å². The molecule has 5 nitrogen and oxygen atoms in total. The Morgan fingerprint density at radius 2 is 1.85 bits per heavy atom. The lowest BCUT2D eigenvalue weighted by Crippen LogP contribution is -2.29. The number of alkyl halides is 3. The number of imidazole rings is 1. The Morgan fingerprint density at radius 3 is 2.44 bits per heavy atom. The number of carbonyl (C=O) groups excluding carboxylic acids is 1. The zero-order valence-corrected chi connectivity index (χ0v) is 20.1. The van der Waals surface area contributed by atoms with Crippen LogP contribution in [0.1, 0.15) is 67.6 Å². The summed E-state index contributed by atoms with van der Waals surface area (Å²) < 4.78 is 46.1. The number of esters is 1. The number of rotatable bonds is 4. The lowest BCUT2D eigenvalue weighted by atomic mass is 9.70. The molecule has 2 aromatic carbocycles. The predicted octanol–water partition coefficient (Wildman–Crippen LogP) is 7.28. The van der Waals surface area contributed by atoms with E-state index in [0.29, 0.717) is 28.6 Å². The molecule has 0 unspecified atom stereocenters. The number of aromatic nitrogens is 2. The van der Waals surface area contributed by atoms with Crippen LogP contribution in [0.4, 0.5) is 24.8 Å². The van der Waals surface area contributed by atoms with Crippen LogP contribution in [-0.4, -0.2) is 22.6 Å². The van der Waals surface area contributed by atoms with Crippen molar-refractivity contribution in [1.82, 2.24) is 9.55 Å². The molecule has 1 saturated carbocycles. The summed E-state index contributed by atoms with van der Waals surface area (Å²) in [6.45, 7) is 8.63. The molecule has 0 bridgehead atoms. The molecule has 0 aliphatic heterocycles. The van der Waals surface area contributed by atoms with Crippen LogP contribution in [0.3, 0.4) is 0 Å². The van der Waals surface area contributed by atoms with Gasteiger partial charge in [-0.2, -0.15) is 13.2 Å². The number of benzene rings is 2. The first kappa shape index (κ1) is 24.1. The molecule has 8 heteroatoms. The van der Waals surface area contributed by atoms with Gasteiger partial charge in [-0.15, -0.1) is 0 Å². The fraction of sp³-hybridized carbons (Fsp3) is 0.462. The average molecular weight is 474 g/mol. The number of fused-ring (bicyclic) bond motifs is 1. The molecule has 1 aromatic heterocycles. The van der Waals surface area contributed by atoms with E-state index in [1.807, 2.05) is 13.0 Å². The highest BCUT2D eigenvalue weighted by molar-refractivity contribution is 5.96. The van der Waals surface area contributed by atoms with E-state index in [0.717, 1.165) is 42.5 Å². The van der Waals surface area contributed by atoms with Crippen LogP contribution in [0.5, 0.6) is 0 Å². The van der Waals surface area contributed by atoms with Crippen LogP contribution >= 0.6 is 0 Å². The second-order valence-electron chi connectivity index (χ2n) is 10.2. The van der Waals surface area contributed by atoms with Gasteiger partial charge in [0.2, 0.25) is 5.95 Å². The van der Waals surface area contributed by atoms with Crippen molar-refractivity contribution in [2.75, 3.05) is 12.4 Å². The van der Waals surface area contributed by atoms with E-state index in [9.17, 15) is 18.0 Å². The molecule has 3 aromatic rings. The van der Waals surface area contributed by atoms with Gasteiger partial charge in [0, 0.05) is 11.7 Å². The molecule has 2 atom stereocenters. The lowest BCUT2D eigenvalue weighted by molar-refractivity contribution is -0.137. The Kier molecular flexibility index (Phi) is 6.12. The van der Waals surface area contributed by atoms with Crippen molar-refractivity contribution in [3.05, 3.63) is 53.1 Å². The van der Waals surface area contributed by atoms with Crippen LogP contribution < -0.4 is 5.32 Å². The summed E-state index contributed by atoms with van der Waals surface area (Å²) in [5, 5.41) is 3.23. The van der Waals surface area contributed by atoms with Gasteiger partial charge in [-0.1, -0.05) is 20.8 Å². The summed E-state index contributed by atoms with van der Waals surface area (Å²) in [7, 11) is 1.34. The van der Waals surface area contributed by atoms with Gasteiger partial charge in [0.15, 0.2) is 0 Å². The fourth-order valence-corrected chi connectivity index (χ4v) is 5.40. The summed E-state index contributed by atoms with van der Waals surface area (Å²) >= 11 is 0. The van der Waals surface area contributed by atoms with Crippen molar-refractivity contribution in [2.45, 2.75) is 59.2 Å². The Morgan fingerprint density at radius 1 is 1.18 bits per heavy atom. The Bertz CT molecular complexity index is 1210. The molecule has 4 rings (SSSR count). The molecule has 0 radical (unpaired) electrons. The number of hydrogen-bond acceptors (Lipinski definition) is 4. The number of hydrogen-bond donors (Lipinski definition) is 1. The van der Waals surface area contributed by atoms with Crippen molar-refractivity contribution >= 4 is 28.6 Å². The van der Waals surface area contributed by atoms with Crippen LogP contribution in [0.25, 0.3) is 11.0 Å². The zero-order chi connectivity index (χ0) is 24.8. The highest BCUT2D eigenvalue weighted by Crippen LogP contribution is 2.46. The van der Waals surface area contributed by atoms with E-state index in [1.165, 1.54) is 19.2 Å². The largest absolute Gasteiger partial charge is 0.465 e. The van der Waals surface area contributed by atoms with E-state index in [2.05, 4.69) is 30.7 Å². The number of carbonyl (C=O) groups is 1. The SMILES string of the molecule is COC(=O)c1cc2nc(Nc3ccc(C(F)(F)F)cc3)n([C@H]3C[C@@H](C)CC(C)(C)C3)c2cc1C. The molecule has 0 spiro atoms.